The van der Waals surface area contributed by atoms with Crippen LogP contribution in [0.15, 0.2) is 102 Å². The minimum absolute atomic E-state index is 0.00205. The molecule has 0 radical (unpaired) electrons. The summed E-state index contributed by atoms with van der Waals surface area (Å²) in [5.41, 5.74) is 13.7. The van der Waals surface area contributed by atoms with Crippen molar-refractivity contribution in [3.8, 4) is 0 Å². The number of ketones is 1. The van der Waals surface area contributed by atoms with E-state index in [1.54, 1.807) is 6.92 Å². The molecule has 0 aromatic heterocycles. The number of allylic oxidation sites excluding steroid dienone is 6. The van der Waals surface area contributed by atoms with Crippen LogP contribution in [0.25, 0.3) is 5.70 Å². The van der Waals surface area contributed by atoms with Crippen molar-refractivity contribution in [3.05, 3.63) is 114 Å². The third kappa shape index (κ3) is 9.06. The Morgan fingerprint density at radius 3 is 2.09 bits per heavy atom. The Morgan fingerprint density at radius 1 is 1.06 bits per heavy atom. The fourth-order valence-corrected chi connectivity index (χ4v) is 3.69. The van der Waals surface area contributed by atoms with E-state index in [1.165, 1.54) is 0 Å². The van der Waals surface area contributed by atoms with Gasteiger partial charge in [0.2, 0.25) is 0 Å². The Balaban J connectivity index is 3.11. The van der Waals surface area contributed by atoms with Crippen LogP contribution < -0.4 is 16.4 Å². The number of carbonyl (C=O) groups is 1. The molecule has 188 valence electrons. The molecule has 0 bridgehead atoms. The molecule has 4 N–H and O–H groups in total. The molecular weight excluding hydrogens is 430 g/mol. The van der Waals surface area contributed by atoms with Gasteiger partial charge in [-0.3, -0.25) is 4.79 Å². The Morgan fingerprint density at radius 2 is 1.66 bits per heavy atom. The van der Waals surface area contributed by atoms with Crippen LogP contribution in [0.5, 0.6) is 0 Å². The topological polar surface area (TPSA) is 67.2 Å². The molecule has 0 spiro atoms. The largest absolute Gasteiger partial charge is 0.378 e. The molecule has 4 heteroatoms. The van der Waals surface area contributed by atoms with E-state index in [1.807, 2.05) is 39.8 Å². The minimum atomic E-state index is -0.152. The second-order valence-electron chi connectivity index (χ2n) is 9.09. The van der Waals surface area contributed by atoms with Gasteiger partial charge in [0.1, 0.15) is 0 Å². The fourth-order valence-electron chi connectivity index (χ4n) is 3.69. The van der Waals surface area contributed by atoms with Gasteiger partial charge < -0.3 is 16.4 Å². The predicted molar refractivity (Wildman–Crippen MR) is 152 cm³/mol. The standard InChI is InChI=1S/C31H43N3O/c1-11-30(33-23(8)19-32)26-13-15-27(16-14-26)31(12-2)34-24(9)22(7)18-29(25(10)35)28(21(5)6)17-20(3)4/h11,13-18,28,31,33-34H,5,7-9,12,19,32H2,1-4,6,10H3/b29-18-,30-11-/t28?,31-/m0/s1. The highest BCUT2D eigenvalue weighted by atomic mass is 16.1. The van der Waals surface area contributed by atoms with Crippen LogP contribution >= 0.6 is 0 Å². The molecule has 1 aromatic carbocycles. The SMILES string of the molecule is C=C(CN)N/C(=C\C)c1ccc([C@H](CC)NC(=C)C(=C)/C=C(/C(C)=O)C(C=C(C)C)C(=C)C)cc1. The average Bonchev–Trinajstić information content (AvgIpc) is 2.82. The molecule has 1 aromatic rings. The van der Waals surface area contributed by atoms with E-state index in [-0.39, 0.29) is 17.7 Å². The lowest BCUT2D eigenvalue weighted by molar-refractivity contribution is -0.113. The van der Waals surface area contributed by atoms with E-state index in [0.717, 1.165) is 40.1 Å². The highest BCUT2D eigenvalue weighted by Gasteiger charge is 2.18. The first-order chi connectivity index (χ1) is 16.4. The zero-order chi connectivity index (χ0) is 26.7. The number of nitrogens with two attached hydrogens (primary N) is 1. The Hall–Kier alpha value is -3.37. The second-order valence-corrected chi connectivity index (χ2v) is 9.09. The summed E-state index contributed by atoms with van der Waals surface area (Å²) in [7, 11) is 0. The Kier molecular flexibility index (Phi) is 12.0. The first kappa shape index (κ1) is 29.7. The van der Waals surface area contributed by atoms with Crippen molar-refractivity contribution in [2.24, 2.45) is 11.7 Å². The predicted octanol–water partition coefficient (Wildman–Crippen LogP) is 6.89. The van der Waals surface area contributed by atoms with Gasteiger partial charge >= 0.3 is 0 Å². The monoisotopic (exact) mass is 473 g/mol. The van der Waals surface area contributed by atoms with E-state index < -0.39 is 0 Å². The normalized spacial score (nSPS) is 13.3. The maximum Gasteiger partial charge on any atom is 0.156 e. The van der Waals surface area contributed by atoms with E-state index in [9.17, 15) is 4.79 Å². The second kappa shape index (κ2) is 14.1. The summed E-state index contributed by atoms with van der Waals surface area (Å²) in [4.78, 5) is 12.5. The molecule has 0 fully saturated rings. The fraction of sp³-hybridized carbons (Fsp3) is 0.323. The lowest BCUT2D eigenvalue weighted by atomic mass is 9.87. The molecule has 0 aliphatic rings. The molecule has 0 saturated carbocycles. The van der Waals surface area contributed by atoms with E-state index in [2.05, 4.69) is 74.2 Å². The van der Waals surface area contributed by atoms with Crippen LogP contribution in [-0.2, 0) is 4.79 Å². The van der Waals surface area contributed by atoms with Gasteiger partial charge in [0.15, 0.2) is 5.78 Å². The van der Waals surface area contributed by atoms with Crippen molar-refractivity contribution in [2.45, 2.75) is 54.0 Å². The lowest BCUT2D eigenvalue weighted by Crippen LogP contribution is -2.21. The van der Waals surface area contributed by atoms with Gasteiger partial charge in [0.25, 0.3) is 0 Å². The van der Waals surface area contributed by atoms with Crippen LogP contribution in [0.1, 0.15) is 65.1 Å². The van der Waals surface area contributed by atoms with Crippen molar-refractivity contribution < 1.29 is 4.79 Å². The summed E-state index contributed by atoms with van der Waals surface area (Å²) >= 11 is 0. The smallest absolute Gasteiger partial charge is 0.156 e. The van der Waals surface area contributed by atoms with Gasteiger partial charge in [-0.15, -0.1) is 0 Å². The molecule has 0 heterocycles. The number of carbonyl (C=O) groups excluding carboxylic acids is 1. The first-order valence-electron chi connectivity index (χ1n) is 12.0. The number of hydrogen-bond donors (Lipinski definition) is 3. The van der Waals surface area contributed by atoms with Gasteiger partial charge in [-0.25, -0.2) is 0 Å². The number of nitrogens with one attached hydrogen (secondary N) is 2. The van der Waals surface area contributed by atoms with Gasteiger partial charge in [-0.05, 0) is 63.8 Å². The van der Waals surface area contributed by atoms with Crippen LogP contribution in [0.2, 0.25) is 0 Å². The summed E-state index contributed by atoms with van der Waals surface area (Å²) in [5.74, 6) is -0.154. The summed E-state index contributed by atoms with van der Waals surface area (Å²) in [6.07, 6.45) is 6.76. The Bertz CT molecular complexity index is 1050. The van der Waals surface area contributed by atoms with E-state index in [0.29, 0.717) is 23.4 Å². The molecule has 1 rings (SSSR count). The highest BCUT2D eigenvalue weighted by molar-refractivity contribution is 5.95. The Labute approximate surface area is 212 Å². The van der Waals surface area contributed by atoms with Gasteiger partial charge in [0, 0.05) is 35.1 Å². The zero-order valence-electron chi connectivity index (χ0n) is 22.4. The summed E-state index contributed by atoms with van der Waals surface area (Å²) in [5, 5.41) is 6.75. The molecule has 0 saturated heterocycles. The number of hydrogen-bond acceptors (Lipinski definition) is 4. The lowest BCUT2D eigenvalue weighted by Gasteiger charge is -2.22. The van der Waals surface area contributed by atoms with Crippen molar-refractivity contribution in [1.29, 1.82) is 0 Å². The molecule has 2 atom stereocenters. The van der Waals surface area contributed by atoms with Crippen LogP contribution in [0.4, 0.5) is 0 Å². The number of rotatable bonds is 14. The van der Waals surface area contributed by atoms with Crippen LogP contribution in [0, 0.1) is 5.92 Å². The highest BCUT2D eigenvalue weighted by Crippen LogP contribution is 2.27. The molecule has 0 amide bonds. The summed E-state index contributed by atoms with van der Waals surface area (Å²) in [6.45, 7) is 28.4. The summed E-state index contributed by atoms with van der Waals surface area (Å²) in [6, 6.07) is 8.41. The van der Waals surface area contributed by atoms with Crippen LogP contribution in [-0.4, -0.2) is 12.3 Å². The first-order valence-corrected chi connectivity index (χ1v) is 12.0. The minimum Gasteiger partial charge on any atom is -0.378 e. The third-order valence-corrected chi connectivity index (χ3v) is 5.72. The quantitative estimate of drug-likeness (QED) is 0.156. The van der Waals surface area contributed by atoms with Crippen molar-refractivity contribution in [2.75, 3.05) is 6.54 Å². The van der Waals surface area contributed by atoms with Gasteiger partial charge in [-0.1, -0.05) is 80.8 Å². The van der Waals surface area contributed by atoms with Crippen LogP contribution in [0.3, 0.4) is 0 Å². The molecule has 4 nitrogen and oxygen atoms in total. The summed E-state index contributed by atoms with van der Waals surface area (Å²) < 4.78 is 0. The average molecular weight is 474 g/mol. The zero-order valence-corrected chi connectivity index (χ0v) is 22.4. The number of Topliss-reactive ketones (excluding diaryl/α,β-unsaturated/α-hetero) is 1. The van der Waals surface area contributed by atoms with Crippen molar-refractivity contribution in [1.82, 2.24) is 10.6 Å². The molecule has 1 unspecified atom stereocenters. The maximum atomic E-state index is 12.5. The maximum absolute atomic E-state index is 12.5. The third-order valence-electron chi connectivity index (χ3n) is 5.72. The molecule has 0 aliphatic carbocycles. The van der Waals surface area contributed by atoms with E-state index >= 15 is 0 Å². The van der Waals surface area contributed by atoms with Gasteiger partial charge in [-0.2, -0.15) is 0 Å². The van der Waals surface area contributed by atoms with Gasteiger partial charge in [0.05, 0.1) is 6.04 Å². The van der Waals surface area contributed by atoms with E-state index in [4.69, 9.17) is 5.73 Å². The van der Waals surface area contributed by atoms with Crippen molar-refractivity contribution in [3.63, 3.8) is 0 Å². The van der Waals surface area contributed by atoms with Crippen molar-refractivity contribution >= 4 is 11.5 Å². The molecule has 35 heavy (non-hydrogen) atoms. The molecular formula is C31H43N3O. The molecule has 0 aliphatic heterocycles. The number of benzene rings is 1.